The van der Waals surface area contributed by atoms with Crippen LogP contribution in [-0.2, 0) is 15.8 Å². The van der Waals surface area contributed by atoms with Gasteiger partial charge in [0.25, 0.3) is 5.91 Å². The van der Waals surface area contributed by atoms with Crippen molar-refractivity contribution in [2.75, 3.05) is 11.9 Å². The summed E-state index contributed by atoms with van der Waals surface area (Å²) in [6.45, 7) is 0.596. The van der Waals surface area contributed by atoms with Crippen molar-refractivity contribution in [2.24, 2.45) is 0 Å². The lowest BCUT2D eigenvalue weighted by atomic mass is 10.2. The van der Waals surface area contributed by atoms with Crippen LogP contribution in [0.25, 0.3) is 17.0 Å². The van der Waals surface area contributed by atoms with Crippen molar-refractivity contribution in [1.29, 1.82) is 0 Å². The van der Waals surface area contributed by atoms with Gasteiger partial charge in [-0.3, -0.25) is 9.20 Å². The first-order valence-corrected chi connectivity index (χ1v) is 11.2. The topological polar surface area (TPSA) is 103 Å². The Labute approximate surface area is 203 Å². The summed E-state index contributed by atoms with van der Waals surface area (Å²) in [5, 5.41) is 2.95. The van der Waals surface area contributed by atoms with Crippen molar-refractivity contribution in [1.82, 2.24) is 24.8 Å². The molecule has 3 aromatic heterocycles. The summed E-state index contributed by atoms with van der Waals surface area (Å²) >= 11 is 0. The fraction of sp³-hybridized carbons (Fsp3) is 0.250. The van der Waals surface area contributed by atoms with E-state index in [-0.39, 0.29) is 23.0 Å². The van der Waals surface area contributed by atoms with Gasteiger partial charge < -0.3 is 10.1 Å². The molecule has 1 fully saturated rings. The molecule has 1 unspecified atom stereocenters. The Morgan fingerprint density at radius 3 is 2.67 bits per heavy atom. The van der Waals surface area contributed by atoms with E-state index < -0.39 is 24.1 Å². The van der Waals surface area contributed by atoms with Gasteiger partial charge in [-0.2, -0.15) is 13.2 Å². The maximum atomic E-state index is 13.7. The number of ether oxygens (including phenoxy) is 1. The van der Waals surface area contributed by atoms with E-state index in [9.17, 15) is 18.0 Å². The normalized spacial score (nSPS) is 16.1. The fourth-order valence-corrected chi connectivity index (χ4v) is 3.81. The van der Waals surface area contributed by atoms with E-state index in [0.29, 0.717) is 24.3 Å². The van der Waals surface area contributed by atoms with Crippen molar-refractivity contribution < 1.29 is 27.5 Å². The van der Waals surface area contributed by atoms with Crippen LogP contribution < -0.4 is 10.8 Å². The number of aromatic nitrogens is 4. The molecule has 4 aromatic rings. The second kappa shape index (κ2) is 9.91. The fourth-order valence-electron chi connectivity index (χ4n) is 3.81. The summed E-state index contributed by atoms with van der Waals surface area (Å²) in [5.41, 5.74) is 2.26. The van der Waals surface area contributed by atoms with Gasteiger partial charge in [-0.15, -0.1) is 0 Å². The zero-order valence-corrected chi connectivity index (χ0v) is 18.8. The number of fused-ring (bicyclic) bond motifs is 1. The van der Waals surface area contributed by atoms with Crippen molar-refractivity contribution >= 4 is 23.2 Å². The summed E-state index contributed by atoms with van der Waals surface area (Å²) in [6.07, 6.45) is 0.385. The van der Waals surface area contributed by atoms with E-state index in [1.807, 2.05) is 0 Å². The van der Waals surface area contributed by atoms with Crippen LogP contribution in [0.2, 0.25) is 0 Å². The lowest BCUT2D eigenvalue weighted by Gasteiger charge is -2.22. The monoisotopic (exact) mass is 498 g/mol. The minimum absolute atomic E-state index is 0.0524. The first-order valence-electron chi connectivity index (χ1n) is 11.2. The number of pyridine rings is 1. The van der Waals surface area contributed by atoms with Crippen LogP contribution in [0.5, 0.6) is 0 Å². The Bertz CT molecular complexity index is 1370. The number of amides is 1. The number of alkyl halides is 3. The summed E-state index contributed by atoms with van der Waals surface area (Å²) in [6, 6.07) is 12.5. The third-order valence-corrected chi connectivity index (χ3v) is 5.52. The number of hydroxylamine groups is 1. The molecule has 36 heavy (non-hydrogen) atoms. The third kappa shape index (κ3) is 5.14. The Kier molecular flexibility index (Phi) is 6.53. The summed E-state index contributed by atoms with van der Waals surface area (Å²) in [4.78, 5) is 29.7. The number of anilines is 2. The second-order valence-corrected chi connectivity index (χ2v) is 8.05. The van der Waals surface area contributed by atoms with Gasteiger partial charge in [-0.05, 0) is 55.3 Å². The highest BCUT2D eigenvalue weighted by molar-refractivity contribution is 5.93. The van der Waals surface area contributed by atoms with Crippen molar-refractivity contribution in [2.45, 2.75) is 31.7 Å². The largest absolute Gasteiger partial charge is 0.435 e. The number of hydrogen-bond donors (Lipinski definition) is 2. The van der Waals surface area contributed by atoms with E-state index in [0.717, 1.165) is 12.8 Å². The van der Waals surface area contributed by atoms with Crippen LogP contribution in [0.1, 0.15) is 35.3 Å². The number of rotatable bonds is 6. The maximum absolute atomic E-state index is 13.7. The maximum Gasteiger partial charge on any atom is 0.435 e. The highest BCUT2D eigenvalue weighted by atomic mass is 19.4. The van der Waals surface area contributed by atoms with Crippen LogP contribution in [0.15, 0.2) is 60.9 Å². The molecule has 12 heteroatoms. The molecule has 1 atom stereocenters. The van der Waals surface area contributed by atoms with E-state index in [1.54, 1.807) is 36.4 Å². The van der Waals surface area contributed by atoms with Crippen molar-refractivity contribution in [3.05, 3.63) is 72.2 Å². The molecule has 1 amide bonds. The lowest BCUT2D eigenvalue weighted by Crippen LogP contribution is -2.33. The number of benzene rings is 1. The third-order valence-electron chi connectivity index (χ3n) is 5.52. The molecule has 0 bridgehead atoms. The summed E-state index contributed by atoms with van der Waals surface area (Å²) in [7, 11) is 0. The van der Waals surface area contributed by atoms with Gasteiger partial charge >= 0.3 is 6.18 Å². The summed E-state index contributed by atoms with van der Waals surface area (Å²) in [5.74, 6) is -0.345. The van der Waals surface area contributed by atoms with Crippen molar-refractivity contribution in [3.8, 4) is 11.4 Å². The standard InChI is InChI=1S/C24H21F3N6O3/c25-24(26,27)21-20(33-13-3-1-5-18(33)31-21)17-11-12-28-23(30-17)29-16-9-7-15(8-10-16)22(34)32-36-19-6-2-4-14-35-19/h1,3,5,7-13,19H,2,4,6,14H2,(H,32,34)(H,28,29,30). The molecule has 0 spiro atoms. The van der Waals surface area contributed by atoms with Gasteiger partial charge in [0.15, 0.2) is 12.0 Å². The first-order chi connectivity index (χ1) is 17.4. The van der Waals surface area contributed by atoms with Gasteiger partial charge in [-0.25, -0.2) is 25.3 Å². The van der Waals surface area contributed by atoms with Gasteiger partial charge in [-0.1, -0.05) is 6.07 Å². The average Bonchev–Trinajstić information content (AvgIpc) is 3.29. The number of halogens is 3. The van der Waals surface area contributed by atoms with Crippen LogP contribution in [0, 0.1) is 0 Å². The van der Waals surface area contributed by atoms with E-state index >= 15 is 0 Å². The van der Waals surface area contributed by atoms with Crippen LogP contribution in [-0.4, -0.2) is 38.2 Å². The number of carbonyl (C=O) groups is 1. The Morgan fingerprint density at radius 1 is 1.08 bits per heavy atom. The number of hydrogen-bond acceptors (Lipinski definition) is 7. The molecular formula is C24H21F3N6O3. The van der Waals surface area contributed by atoms with E-state index in [4.69, 9.17) is 9.57 Å². The van der Waals surface area contributed by atoms with Gasteiger partial charge in [0.1, 0.15) is 11.3 Å². The average molecular weight is 498 g/mol. The Balaban J connectivity index is 1.32. The molecule has 0 saturated carbocycles. The smallest absolute Gasteiger partial charge is 0.350 e. The molecule has 9 nitrogen and oxygen atoms in total. The lowest BCUT2D eigenvalue weighted by molar-refractivity contribution is -0.186. The molecule has 4 heterocycles. The van der Waals surface area contributed by atoms with Crippen LogP contribution >= 0.6 is 0 Å². The zero-order chi connectivity index (χ0) is 25.1. The van der Waals surface area contributed by atoms with E-state index in [1.165, 1.54) is 28.9 Å². The Hall–Kier alpha value is -4.03. The van der Waals surface area contributed by atoms with Crippen molar-refractivity contribution in [3.63, 3.8) is 0 Å². The van der Waals surface area contributed by atoms with Gasteiger partial charge in [0.2, 0.25) is 5.95 Å². The highest BCUT2D eigenvalue weighted by Gasteiger charge is 2.38. The molecule has 0 radical (unpaired) electrons. The SMILES string of the molecule is O=C(NOC1CCCCO1)c1ccc(Nc2nccc(-c3c(C(F)(F)F)nc4ccccn34)n2)cc1. The molecule has 2 N–H and O–H groups in total. The predicted molar refractivity (Wildman–Crippen MR) is 123 cm³/mol. The second-order valence-electron chi connectivity index (χ2n) is 8.05. The molecule has 1 aliphatic heterocycles. The van der Waals surface area contributed by atoms with E-state index in [2.05, 4.69) is 25.7 Å². The first kappa shape index (κ1) is 23.7. The molecule has 1 saturated heterocycles. The number of carbonyl (C=O) groups excluding carboxylic acids is 1. The molecule has 186 valence electrons. The van der Waals surface area contributed by atoms with Gasteiger partial charge in [0, 0.05) is 36.7 Å². The Morgan fingerprint density at radius 2 is 1.92 bits per heavy atom. The van der Waals surface area contributed by atoms with Crippen LogP contribution in [0.3, 0.4) is 0 Å². The molecule has 1 aliphatic rings. The molecule has 5 rings (SSSR count). The number of imidazole rings is 1. The summed E-state index contributed by atoms with van der Waals surface area (Å²) < 4.78 is 47.8. The quantitative estimate of drug-likeness (QED) is 0.370. The number of nitrogens with one attached hydrogen (secondary N) is 2. The van der Waals surface area contributed by atoms with Gasteiger partial charge in [0.05, 0.1) is 5.69 Å². The molecule has 0 aliphatic carbocycles. The van der Waals surface area contributed by atoms with Crippen LogP contribution in [0.4, 0.5) is 24.8 Å². The molecular weight excluding hydrogens is 477 g/mol. The minimum atomic E-state index is -4.66. The minimum Gasteiger partial charge on any atom is -0.350 e. The number of nitrogens with zero attached hydrogens (tertiary/aromatic N) is 4. The zero-order valence-electron chi connectivity index (χ0n) is 18.8. The molecule has 1 aromatic carbocycles. The highest BCUT2D eigenvalue weighted by Crippen LogP contribution is 2.36. The predicted octanol–water partition coefficient (Wildman–Crippen LogP) is 4.74.